The van der Waals surface area contributed by atoms with Gasteiger partial charge >= 0.3 is 0 Å². The fourth-order valence-electron chi connectivity index (χ4n) is 3.59. The van der Waals surface area contributed by atoms with Crippen LogP contribution < -0.4 is 14.2 Å². The Labute approximate surface area is 148 Å². The van der Waals surface area contributed by atoms with Crippen LogP contribution in [0.25, 0.3) is 0 Å². The van der Waals surface area contributed by atoms with E-state index in [2.05, 4.69) is 4.72 Å². The van der Waals surface area contributed by atoms with Gasteiger partial charge in [-0.1, -0.05) is 17.7 Å². The lowest BCUT2D eigenvalue weighted by Gasteiger charge is -2.21. The highest BCUT2D eigenvalue weighted by Gasteiger charge is 2.44. The molecule has 1 fully saturated rings. The minimum atomic E-state index is -3.65. The van der Waals surface area contributed by atoms with Crippen LogP contribution in [0.15, 0.2) is 41.3 Å². The van der Waals surface area contributed by atoms with Gasteiger partial charge in [0.15, 0.2) is 11.5 Å². The predicted octanol–water partition coefficient (Wildman–Crippen LogP) is 4.15. The lowest BCUT2D eigenvalue weighted by molar-refractivity contribution is -0.0716. The topological polar surface area (TPSA) is 64.6 Å². The third kappa shape index (κ3) is 2.95. The van der Waals surface area contributed by atoms with Crippen LogP contribution in [0.3, 0.4) is 0 Å². The molecule has 0 saturated heterocycles. The Morgan fingerprint density at radius 2 is 1.68 bits per heavy atom. The van der Waals surface area contributed by atoms with Gasteiger partial charge in [0.25, 0.3) is 15.8 Å². The standard InChI is InChI=1S/C19H21NO4S/c1-13-5-8-18(14(2)11-13)25(21,22)20-15-6-7-16-17(12-15)24-19(23-16)9-3-4-10-19/h5-8,11-12,20H,3-4,9-10H2,1-2H3. The van der Waals surface area contributed by atoms with E-state index >= 15 is 0 Å². The summed E-state index contributed by atoms with van der Waals surface area (Å²) in [6.07, 6.45) is 3.90. The molecule has 25 heavy (non-hydrogen) atoms. The van der Waals surface area contributed by atoms with Crippen molar-refractivity contribution in [1.29, 1.82) is 0 Å². The van der Waals surface area contributed by atoms with Crippen molar-refractivity contribution in [2.24, 2.45) is 0 Å². The lowest BCUT2D eigenvalue weighted by atomic mass is 10.2. The number of sulfonamides is 1. The molecule has 0 bridgehead atoms. The number of aryl methyl sites for hydroxylation is 2. The van der Waals surface area contributed by atoms with Crippen molar-refractivity contribution < 1.29 is 17.9 Å². The smallest absolute Gasteiger partial charge is 0.262 e. The summed E-state index contributed by atoms with van der Waals surface area (Å²) in [6.45, 7) is 3.73. The fraction of sp³-hybridized carbons (Fsp3) is 0.368. The Morgan fingerprint density at radius 1 is 0.960 bits per heavy atom. The first-order valence-corrected chi connectivity index (χ1v) is 9.97. The molecule has 2 aromatic rings. The quantitative estimate of drug-likeness (QED) is 0.894. The van der Waals surface area contributed by atoms with Crippen molar-refractivity contribution in [3.05, 3.63) is 47.5 Å². The first-order chi connectivity index (χ1) is 11.9. The number of nitrogens with one attached hydrogen (secondary N) is 1. The van der Waals surface area contributed by atoms with E-state index < -0.39 is 15.8 Å². The van der Waals surface area contributed by atoms with Crippen LogP contribution in [0.1, 0.15) is 36.8 Å². The van der Waals surface area contributed by atoms with Crippen molar-refractivity contribution in [2.45, 2.75) is 50.2 Å². The number of rotatable bonds is 3. The fourth-order valence-corrected chi connectivity index (χ4v) is 4.86. The Hall–Kier alpha value is -2.21. The Bertz CT molecular complexity index is 930. The maximum Gasteiger partial charge on any atom is 0.262 e. The van der Waals surface area contributed by atoms with Crippen LogP contribution in [-0.4, -0.2) is 14.2 Å². The van der Waals surface area contributed by atoms with Gasteiger partial charge in [0.2, 0.25) is 0 Å². The SMILES string of the molecule is Cc1ccc(S(=O)(=O)Nc2ccc3c(c2)OC2(CCCC2)O3)c(C)c1. The largest absolute Gasteiger partial charge is 0.448 e. The second kappa shape index (κ2) is 5.66. The molecule has 1 aliphatic carbocycles. The molecule has 4 rings (SSSR count). The highest BCUT2D eigenvalue weighted by molar-refractivity contribution is 7.92. The summed E-state index contributed by atoms with van der Waals surface area (Å²) in [5.74, 6) is 0.729. The molecule has 1 spiro atoms. The van der Waals surface area contributed by atoms with E-state index in [9.17, 15) is 8.42 Å². The molecule has 132 valence electrons. The van der Waals surface area contributed by atoms with E-state index in [0.29, 0.717) is 17.2 Å². The lowest BCUT2D eigenvalue weighted by Crippen LogP contribution is -2.34. The number of fused-ring (bicyclic) bond motifs is 1. The van der Waals surface area contributed by atoms with Gasteiger partial charge in [-0.15, -0.1) is 0 Å². The Balaban J connectivity index is 1.60. The molecule has 2 aliphatic rings. The second-order valence-corrected chi connectivity index (χ2v) is 8.51. The van der Waals surface area contributed by atoms with Gasteiger partial charge in [-0.05, 0) is 50.5 Å². The van der Waals surface area contributed by atoms with Crippen LogP contribution in [0.4, 0.5) is 5.69 Å². The second-order valence-electron chi connectivity index (χ2n) is 6.86. The van der Waals surface area contributed by atoms with E-state index in [4.69, 9.17) is 9.47 Å². The van der Waals surface area contributed by atoms with Crippen molar-refractivity contribution in [3.63, 3.8) is 0 Å². The normalized spacial score (nSPS) is 17.8. The summed E-state index contributed by atoms with van der Waals surface area (Å²) in [5, 5.41) is 0. The van der Waals surface area contributed by atoms with Gasteiger partial charge in [0.1, 0.15) is 0 Å². The summed E-state index contributed by atoms with van der Waals surface area (Å²) >= 11 is 0. The summed E-state index contributed by atoms with van der Waals surface area (Å²) < 4.78 is 40.0. The van der Waals surface area contributed by atoms with Gasteiger partial charge < -0.3 is 9.47 Å². The minimum Gasteiger partial charge on any atom is -0.448 e. The van der Waals surface area contributed by atoms with Gasteiger partial charge in [-0.2, -0.15) is 0 Å². The summed E-state index contributed by atoms with van der Waals surface area (Å²) in [6, 6.07) is 10.5. The van der Waals surface area contributed by atoms with E-state index in [1.807, 2.05) is 13.0 Å². The van der Waals surface area contributed by atoms with Gasteiger partial charge in [-0.3, -0.25) is 4.72 Å². The summed E-state index contributed by atoms with van der Waals surface area (Å²) in [5.41, 5.74) is 2.22. The molecular formula is C19H21NO4S. The van der Waals surface area contributed by atoms with Crippen molar-refractivity contribution in [1.82, 2.24) is 0 Å². The zero-order valence-corrected chi connectivity index (χ0v) is 15.2. The van der Waals surface area contributed by atoms with Crippen molar-refractivity contribution >= 4 is 15.7 Å². The van der Waals surface area contributed by atoms with Crippen LogP contribution in [0, 0.1) is 13.8 Å². The van der Waals surface area contributed by atoms with Crippen LogP contribution in [0.5, 0.6) is 11.5 Å². The molecule has 0 unspecified atom stereocenters. The highest BCUT2D eigenvalue weighted by Crippen LogP contribution is 2.47. The first-order valence-electron chi connectivity index (χ1n) is 8.49. The molecule has 1 N–H and O–H groups in total. The predicted molar refractivity (Wildman–Crippen MR) is 95.6 cm³/mol. The van der Waals surface area contributed by atoms with E-state index in [0.717, 1.165) is 36.8 Å². The molecule has 2 aromatic carbocycles. The maximum atomic E-state index is 12.7. The third-order valence-corrected chi connectivity index (χ3v) is 6.31. The molecular weight excluding hydrogens is 338 g/mol. The molecule has 0 amide bonds. The average Bonchev–Trinajstić information content (AvgIpc) is 3.12. The highest BCUT2D eigenvalue weighted by atomic mass is 32.2. The molecule has 1 aliphatic heterocycles. The van der Waals surface area contributed by atoms with Gasteiger partial charge in [0.05, 0.1) is 10.6 Å². The Kier molecular flexibility index (Phi) is 3.68. The van der Waals surface area contributed by atoms with Gasteiger partial charge in [0, 0.05) is 18.9 Å². The van der Waals surface area contributed by atoms with Crippen LogP contribution >= 0.6 is 0 Å². The first kappa shape index (κ1) is 16.3. The van der Waals surface area contributed by atoms with Crippen LogP contribution in [-0.2, 0) is 10.0 Å². The van der Waals surface area contributed by atoms with E-state index in [1.165, 1.54) is 0 Å². The monoisotopic (exact) mass is 359 g/mol. The summed E-state index contributed by atoms with van der Waals surface area (Å²) in [7, 11) is -3.65. The average molecular weight is 359 g/mol. The number of ether oxygens (including phenoxy) is 2. The van der Waals surface area contributed by atoms with E-state index in [-0.39, 0.29) is 4.90 Å². The molecule has 6 heteroatoms. The molecule has 1 saturated carbocycles. The minimum absolute atomic E-state index is 0.281. The van der Waals surface area contributed by atoms with Gasteiger partial charge in [-0.25, -0.2) is 8.42 Å². The van der Waals surface area contributed by atoms with Crippen molar-refractivity contribution in [2.75, 3.05) is 4.72 Å². The zero-order valence-electron chi connectivity index (χ0n) is 14.3. The third-order valence-electron chi connectivity index (χ3n) is 4.77. The molecule has 0 atom stereocenters. The number of hydrogen-bond donors (Lipinski definition) is 1. The van der Waals surface area contributed by atoms with E-state index in [1.54, 1.807) is 37.3 Å². The maximum absolute atomic E-state index is 12.7. The molecule has 5 nitrogen and oxygen atoms in total. The number of hydrogen-bond acceptors (Lipinski definition) is 4. The Morgan fingerprint density at radius 3 is 2.40 bits per heavy atom. The molecule has 0 radical (unpaired) electrons. The number of benzene rings is 2. The van der Waals surface area contributed by atoms with Crippen LogP contribution in [0.2, 0.25) is 0 Å². The summed E-state index contributed by atoms with van der Waals surface area (Å²) in [4.78, 5) is 0.281. The molecule has 1 heterocycles. The zero-order chi connectivity index (χ0) is 17.7. The molecule has 0 aromatic heterocycles. The number of anilines is 1. The van der Waals surface area contributed by atoms with Crippen molar-refractivity contribution in [3.8, 4) is 11.5 Å².